The van der Waals surface area contributed by atoms with E-state index in [1.165, 1.54) is 24.7 Å². The van der Waals surface area contributed by atoms with Crippen LogP contribution in [0.25, 0.3) is 11.3 Å². The third kappa shape index (κ3) is 7.15. The van der Waals surface area contributed by atoms with Crippen LogP contribution in [0.2, 0.25) is 0 Å². The number of furan rings is 1. The summed E-state index contributed by atoms with van der Waals surface area (Å²) in [6.07, 6.45) is 3.72. The first-order valence-corrected chi connectivity index (χ1v) is 11.2. The Kier molecular flexibility index (Phi) is 8.07. The smallest absolute Gasteiger partial charge is 0.408 e. The second kappa shape index (κ2) is 12.0. The Balaban J connectivity index is 1.35. The summed E-state index contributed by atoms with van der Waals surface area (Å²) in [5.74, 6) is -0.722. The summed E-state index contributed by atoms with van der Waals surface area (Å²) in [6.45, 7) is 0.0586. The van der Waals surface area contributed by atoms with Gasteiger partial charge < -0.3 is 24.6 Å². The predicted molar refractivity (Wildman–Crippen MR) is 133 cm³/mol. The van der Waals surface area contributed by atoms with E-state index in [0.717, 1.165) is 5.56 Å². The maximum absolute atomic E-state index is 12.8. The summed E-state index contributed by atoms with van der Waals surface area (Å²) >= 11 is 0. The van der Waals surface area contributed by atoms with Crippen molar-refractivity contribution in [2.45, 2.75) is 19.1 Å². The molecule has 4 rings (SSSR count). The fourth-order valence-electron chi connectivity index (χ4n) is 3.32. The van der Waals surface area contributed by atoms with Crippen LogP contribution in [0.1, 0.15) is 27.4 Å². The van der Waals surface area contributed by atoms with Gasteiger partial charge in [0.25, 0.3) is 5.91 Å². The van der Waals surface area contributed by atoms with Crippen LogP contribution in [0, 0.1) is 0 Å². The van der Waals surface area contributed by atoms with Crippen LogP contribution in [-0.4, -0.2) is 45.3 Å². The number of nitrogens with zero attached hydrogens (tertiary/aromatic N) is 2. The zero-order valence-electron chi connectivity index (χ0n) is 19.5. The molecule has 0 fully saturated rings. The highest BCUT2D eigenvalue weighted by Crippen LogP contribution is 2.22. The second-order valence-corrected chi connectivity index (χ2v) is 7.86. The van der Waals surface area contributed by atoms with Crippen molar-refractivity contribution in [2.24, 2.45) is 5.10 Å². The molecular formula is C26H23N5O6. The third-order valence-corrected chi connectivity index (χ3v) is 5.21. The predicted octanol–water partition coefficient (Wildman–Crippen LogP) is 3.36. The average Bonchev–Trinajstić information content (AvgIpc) is 3.60. The normalized spacial score (nSPS) is 11.7. The Bertz CT molecular complexity index is 1360. The van der Waals surface area contributed by atoms with Crippen LogP contribution >= 0.6 is 0 Å². The molecule has 4 aromatic rings. The Labute approximate surface area is 211 Å². The van der Waals surface area contributed by atoms with Crippen molar-refractivity contribution >= 4 is 24.2 Å². The molecule has 2 aromatic carbocycles. The van der Waals surface area contributed by atoms with Crippen molar-refractivity contribution in [3.63, 3.8) is 0 Å². The molecule has 11 nitrogen and oxygen atoms in total. The fourth-order valence-corrected chi connectivity index (χ4v) is 3.32. The minimum atomic E-state index is -1.01. The van der Waals surface area contributed by atoms with E-state index in [2.05, 4.69) is 25.8 Å². The first-order valence-electron chi connectivity index (χ1n) is 11.2. The van der Waals surface area contributed by atoms with Crippen LogP contribution in [0.5, 0.6) is 0 Å². The van der Waals surface area contributed by atoms with Gasteiger partial charge in [0, 0.05) is 23.9 Å². The van der Waals surface area contributed by atoms with Crippen molar-refractivity contribution in [2.75, 3.05) is 0 Å². The molecular weight excluding hydrogens is 478 g/mol. The lowest BCUT2D eigenvalue weighted by Crippen LogP contribution is -2.47. The van der Waals surface area contributed by atoms with Crippen molar-refractivity contribution in [3.8, 4) is 11.3 Å². The zero-order chi connectivity index (χ0) is 26.0. The number of hydrogen-bond acceptors (Lipinski definition) is 7. The van der Waals surface area contributed by atoms with Gasteiger partial charge in [-0.1, -0.05) is 42.5 Å². The van der Waals surface area contributed by atoms with Gasteiger partial charge in [0.15, 0.2) is 0 Å². The van der Waals surface area contributed by atoms with Crippen molar-refractivity contribution in [1.29, 1.82) is 0 Å². The molecule has 0 saturated carbocycles. The minimum absolute atomic E-state index is 0.0586. The molecule has 0 unspecified atom stereocenters. The van der Waals surface area contributed by atoms with Gasteiger partial charge in [-0.3, -0.25) is 4.79 Å². The first-order chi connectivity index (χ1) is 18.0. The average molecular weight is 501 g/mol. The van der Waals surface area contributed by atoms with Gasteiger partial charge in [-0.25, -0.2) is 20.0 Å². The number of H-pyrrole nitrogens is 1. The lowest BCUT2D eigenvalue weighted by Gasteiger charge is -2.16. The molecule has 0 spiro atoms. The number of carbonyl (C=O) groups is 3. The van der Waals surface area contributed by atoms with Gasteiger partial charge >= 0.3 is 12.1 Å². The molecule has 2 amide bonds. The molecule has 188 valence electrons. The highest BCUT2D eigenvalue weighted by molar-refractivity contribution is 5.88. The number of rotatable bonds is 10. The quantitative estimate of drug-likeness (QED) is 0.191. The lowest BCUT2D eigenvalue weighted by molar-refractivity contribution is -0.123. The number of nitrogens with one attached hydrogen (secondary N) is 3. The second-order valence-electron chi connectivity index (χ2n) is 7.86. The Morgan fingerprint density at radius 2 is 1.86 bits per heavy atom. The molecule has 0 radical (unpaired) electrons. The number of aromatic carboxylic acids is 1. The van der Waals surface area contributed by atoms with E-state index in [-0.39, 0.29) is 18.6 Å². The number of carboxylic acid groups (broad SMARTS) is 1. The Morgan fingerprint density at radius 1 is 1.08 bits per heavy atom. The van der Waals surface area contributed by atoms with Gasteiger partial charge in [0.05, 0.1) is 18.1 Å². The first kappa shape index (κ1) is 24.9. The Hall–Kier alpha value is -5.19. The summed E-state index contributed by atoms with van der Waals surface area (Å²) in [5.41, 5.74) is 4.70. The molecule has 1 atom stereocenters. The van der Waals surface area contributed by atoms with E-state index in [0.29, 0.717) is 22.8 Å². The molecule has 0 aliphatic rings. The molecule has 0 bridgehead atoms. The number of carbonyl (C=O) groups excluding carboxylic acids is 2. The number of aromatic amines is 1. The number of hydrazone groups is 1. The van der Waals surface area contributed by atoms with Crippen LogP contribution in [-0.2, 0) is 22.6 Å². The number of ether oxygens (including phenoxy) is 1. The van der Waals surface area contributed by atoms with E-state index >= 15 is 0 Å². The lowest BCUT2D eigenvalue weighted by atomic mass is 10.1. The van der Waals surface area contributed by atoms with Crippen LogP contribution < -0.4 is 10.7 Å². The molecule has 4 N–H and O–H groups in total. The highest BCUT2D eigenvalue weighted by atomic mass is 16.5. The number of alkyl carbamates (subject to hydrolysis) is 1. The zero-order valence-corrected chi connectivity index (χ0v) is 19.5. The molecule has 11 heteroatoms. The summed E-state index contributed by atoms with van der Waals surface area (Å²) < 4.78 is 10.9. The summed E-state index contributed by atoms with van der Waals surface area (Å²) in [5, 5.41) is 15.5. The molecule has 2 aromatic heterocycles. The topological polar surface area (TPSA) is 159 Å². The standard InChI is InChI=1S/C26H23N5O6/c32-24(31-29-14-21-10-11-23(37-21)18-6-8-19(9-7-18)25(33)34)22(12-20-13-27-16-28-20)30-26(35)36-15-17-4-2-1-3-5-17/h1-11,13-14,16,22H,12,15H2,(H,27,28)(H,30,35)(H,31,32)(H,33,34)/b29-14-/t22-/m1/s1. The van der Waals surface area contributed by atoms with Gasteiger partial charge in [0.2, 0.25) is 0 Å². The van der Waals surface area contributed by atoms with Crippen LogP contribution in [0.3, 0.4) is 0 Å². The van der Waals surface area contributed by atoms with Gasteiger partial charge in [-0.2, -0.15) is 5.10 Å². The molecule has 0 aliphatic carbocycles. The van der Waals surface area contributed by atoms with Crippen LogP contribution in [0.4, 0.5) is 4.79 Å². The number of carboxylic acids is 1. The molecule has 37 heavy (non-hydrogen) atoms. The summed E-state index contributed by atoms with van der Waals surface area (Å²) in [7, 11) is 0. The van der Waals surface area contributed by atoms with Gasteiger partial charge in [-0.05, 0) is 29.8 Å². The third-order valence-electron chi connectivity index (χ3n) is 5.21. The Morgan fingerprint density at radius 3 is 2.57 bits per heavy atom. The number of amides is 2. The maximum atomic E-state index is 12.8. The van der Waals surface area contributed by atoms with Crippen molar-refractivity contribution in [1.82, 2.24) is 20.7 Å². The molecule has 0 saturated heterocycles. The summed E-state index contributed by atoms with van der Waals surface area (Å²) in [4.78, 5) is 42.9. The minimum Gasteiger partial charge on any atom is -0.478 e. The van der Waals surface area contributed by atoms with Gasteiger partial charge in [-0.15, -0.1) is 0 Å². The van der Waals surface area contributed by atoms with Crippen molar-refractivity contribution < 1.29 is 28.6 Å². The fraction of sp³-hybridized carbons (Fsp3) is 0.115. The van der Waals surface area contributed by atoms with E-state index < -0.39 is 24.0 Å². The van der Waals surface area contributed by atoms with E-state index in [1.807, 2.05) is 30.3 Å². The largest absolute Gasteiger partial charge is 0.478 e. The SMILES string of the molecule is O=C(N[C@H](Cc1cnc[nH]1)C(=O)N/N=C\c1ccc(-c2ccc(C(=O)O)cc2)o1)OCc1ccccc1. The molecule has 0 aliphatic heterocycles. The number of benzene rings is 2. The number of hydrogen-bond donors (Lipinski definition) is 4. The molecule has 2 heterocycles. The van der Waals surface area contributed by atoms with Gasteiger partial charge in [0.1, 0.15) is 24.2 Å². The highest BCUT2D eigenvalue weighted by Gasteiger charge is 2.22. The van der Waals surface area contributed by atoms with E-state index in [1.54, 1.807) is 30.5 Å². The maximum Gasteiger partial charge on any atom is 0.408 e. The van der Waals surface area contributed by atoms with E-state index in [9.17, 15) is 14.4 Å². The van der Waals surface area contributed by atoms with E-state index in [4.69, 9.17) is 14.3 Å². The van der Waals surface area contributed by atoms with Crippen molar-refractivity contribution in [3.05, 3.63) is 102 Å². The monoisotopic (exact) mass is 501 g/mol. The van der Waals surface area contributed by atoms with Crippen LogP contribution in [0.15, 0.2) is 88.8 Å². The number of imidazole rings is 1. The summed E-state index contributed by atoms with van der Waals surface area (Å²) in [6, 6.07) is 17.8. The number of aromatic nitrogens is 2.